The van der Waals surface area contributed by atoms with Crippen LogP contribution >= 0.6 is 0 Å². The lowest BCUT2D eigenvalue weighted by molar-refractivity contribution is 0.102. The summed E-state index contributed by atoms with van der Waals surface area (Å²) in [5, 5.41) is 11.3. The van der Waals surface area contributed by atoms with Gasteiger partial charge in [0.25, 0.3) is 11.5 Å². The first kappa shape index (κ1) is 17.4. The van der Waals surface area contributed by atoms with Gasteiger partial charge in [-0.15, -0.1) is 0 Å². The van der Waals surface area contributed by atoms with Crippen molar-refractivity contribution < 1.29 is 18.7 Å². The highest BCUT2D eigenvalue weighted by Gasteiger charge is 2.24. The second-order valence-electron chi connectivity index (χ2n) is 5.65. The number of phenols is 1. The number of amides is 1. The summed E-state index contributed by atoms with van der Waals surface area (Å²) in [5.41, 5.74) is -0.336. The Morgan fingerprint density at radius 1 is 1.08 bits per heavy atom. The fourth-order valence-electron chi connectivity index (χ4n) is 2.65. The smallest absolute Gasteiger partial charge is 0.284 e. The number of halogens is 2. The van der Waals surface area contributed by atoms with Crippen molar-refractivity contribution in [1.29, 1.82) is 0 Å². The Balaban J connectivity index is 2.04. The highest BCUT2D eigenvalue weighted by Crippen LogP contribution is 2.25. The number of para-hydroxylation sites is 1. The highest BCUT2D eigenvalue weighted by atomic mass is 19.2. The van der Waals surface area contributed by atoms with Gasteiger partial charge in [-0.25, -0.2) is 9.07 Å². The molecule has 0 aliphatic heterocycles. The van der Waals surface area contributed by atoms with Crippen LogP contribution in [0.3, 0.4) is 0 Å². The third kappa shape index (κ3) is 2.75. The molecule has 2 N–H and O–H groups in total. The van der Waals surface area contributed by atoms with Gasteiger partial charge in [-0.1, -0.05) is 18.2 Å². The maximum Gasteiger partial charge on any atom is 0.284 e. The normalized spacial score (nSPS) is 10.8. The van der Waals surface area contributed by atoms with Gasteiger partial charge in [0, 0.05) is 7.05 Å². The Morgan fingerprint density at radius 2 is 1.73 bits per heavy atom. The van der Waals surface area contributed by atoms with E-state index in [0.29, 0.717) is 11.4 Å². The summed E-state index contributed by atoms with van der Waals surface area (Å²) in [6.07, 6.45) is 0. The quantitative estimate of drug-likeness (QED) is 0.706. The Hall–Kier alpha value is -3.42. The number of nitrogens with zero attached hydrogens (tertiary/aromatic N) is 2. The first-order valence-corrected chi connectivity index (χ1v) is 7.65. The van der Waals surface area contributed by atoms with Crippen molar-refractivity contribution in [3.63, 3.8) is 0 Å². The van der Waals surface area contributed by atoms with Gasteiger partial charge in [-0.2, -0.15) is 4.39 Å². The van der Waals surface area contributed by atoms with Crippen LogP contribution in [-0.2, 0) is 7.05 Å². The maximum atomic E-state index is 13.9. The molecule has 0 aliphatic carbocycles. The van der Waals surface area contributed by atoms with E-state index in [2.05, 4.69) is 5.32 Å². The molecule has 0 fully saturated rings. The van der Waals surface area contributed by atoms with E-state index in [1.807, 2.05) is 0 Å². The molecule has 0 spiro atoms. The van der Waals surface area contributed by atoms with E-state index < -0.39 is 34.5 Å². The van der Waals surface area contributed by atoms with Gasteiger partial charge >= 0.3 is 0 Å². The lowest BCUT2D eigenvalue weighted by Gasteiger charge is -2.07. The molecule has 3 rings (SSSR count). The molecule has 0 aliphatic rings. The Bertz CT molecular complexity index is 1060. The first-order valence-electron chi connectivity index (χ1n) is 7.65. The number of nitrogens with one attached hydrogen (secondary N) is 1. The van der Waals surface area contributed by atoms with E-state index in [4.69, 9.17) is 5.11 Å². The summed E-state index contributed by atoms with van der Waals surface area (Å²) in [5.74, 6) is -4.63. The summed E-state index contributed by atoms with van der Waals surface area (Å²) >= 11 is 0. The van der Waals surface area contributed by atoms with Gasteiger partial charge in [0.2, 0.25) is 5.82 Å². The van der Waals surface area contributed by atoms with Gasteiger partial charge in [0.1, 0.15) is 5.56 Å². The number of rotatable bonds is 3. The number of benzene rings is 2. The van der Waals surface area contributed by atoms with Crippen molar-refractivity contribution in [2.45, 2.75) is 6.92 Å². The fraction of sp³-hybridized carbons (Fsp3) is 0.111. The Morgan fingerprint density at radius 3 is 2.38 bits per heavy atom. The summed E-state index contributed by atoms with van der Waals surface area (Å²) < 4.78 is 30.1. The topological polar surface area (TPSA) is 76.3 Å². The molecule has 2 aromatic carbocycles. The predicted octanol–water partition coefficient (Wildman–Crippen LogP) is 2.72. The van der Waals surface area contributed by atoms with Crippen LogP contribution in [0.5, 0.6) is 5.75 Å². The lowest BCUT2D eigenvalue weighted by Crippen LogP contribution is -2.25. The monoisotopic (exact) mass is 359 g/mol. The molecule has 134 valence electrons. The molecule has 0 saturated carbocycles. The minimum atomic E-state index is -1.48. The largest absolute Gasteiger partial charge is 0.505 e. The summed E-state index contributed by atoms with van der Waals surface area (Å²) in [7, 11) is 1.61. The van der Waals surface area contributed by atoms with Gasteiger partial charge in [-0.05, 0) is 31.2 Å². The average molecular weight is 359 g/mol. The predicted molar refractivity (Wildman–Crippen MR) is 91.7 cm³/mol. The number of anilines is 1. The molecule has 0 saturated heterocycles. The molecule has 1 aromatic heterocycles. The number of aromatic nitrogens is 2. The number of hydrogen-bond donors (Lipinski definition) is 2. The van der Waals surface area contributed by atoms with Gasteiger partial charge in [0.05, 0.1) is 17.1 Å². The van der Waals surface area contributed by atoms with Crippen LogP contribution < -0.4 is 10.9 Å². The molecule has 0 radical (unpaired) electrons. The fourth-order valence-corrected chi connectivity index (χ4v) is 2.65. The second kappa shape index (κ2) is 6.47. The maximum absolute atomic E-state index is 13.9. The molecule has 3 aromatic rings. The van der Waals surface area contributed by atoms with Gasteiger partial charge in [-0.3, -0.25) is 14.3 Å². The third-order valence-electron chi connectivity index (χ3n) is 4.09. The minimum absolute atomic E-state index is 0.191. The van der Waals surface area contributed by atoms with Crippen molar-refractivity contribution in [3.05, 3.63) is 75.7 Å². The molecule has 0 unspecified atom stereocenters. The zero-order valence-corrected chi connectivity index (χ0v) is 14.0. The second-order valence-corrected chi connectivity index (χ2v) is 5.65. The number of phenolic OH excluding ortho intramolecular Hbond substituents is 1. The molecule has 8 heteroatoms. The van der Waals surface area contributed by atoms with Crippen molar-refractivity contribution in [2.24, 2.45) is 7.05 Å². The molecule has 1 amide bonds. The van der Waals surface area contributed by atoms with Crippen molar-refractivity contribution in [3.8, 4) is 11.4 Å². The first-order chi connectivity index (χ1) is 12.3. The lowest BCUT2D eigenvalue weighted by atomic mass is 10.2. The Kier molecular flexibility index (Phi) is 4.33. The molecular weight excluding hydrogens is 344 g/mol. The summed E-state index contributed by atoms with van der Waals surface area (Å²) in [6, 6.07) is 10.6. The minimum Gasteiger partial charge on any atom is -0.505 e. The van der Waals surface area contributed by atoms with E-state index in [1.165, 1.54) is 9.36 Å². The zero-order valence-electron chi connectivity index (χ0n) is 14.0. The van der Waals surface area contributed by atoms with Crippen LogP contribution in [-0.4, -0.2) is 20.4 Å². The summed E-state index contributed by atoms with van der Waals surface area (Å²) in [4.78, 5) is 25.2. The van der Waals surface area contributed by atoms with Crippen LogP contribution in [0.15, 0.2) is 47.3 Å². The molecular formula is C18H15F2N3O3. The van der Waals surface area contributed by atoms with Crippen LogP contribution in [0, 0.1) is 18.6 Å². The number of aromatic hydroxyl groups is 1. The molecule has 6 nitrogen and oxygen atoms in total. The van der Waals surface area contributed by atoms with Crippen molar-refractivity contribution >= 4 is 11.6 Å². The number of hydrogen-bond acceptors (Lipinski definition) is 3. The van der Waals surface area contributed by atoms with Crippen LogP contribution in [0.4, 0.5) is 14.5 Å². The van der Waals surface area contributed by atoms with Crippen LogP contribution in [0.25, 0.3) is 5.69 Å². The van der Waals surface area contributed by atoms with E-state index in [1.54, 1.807) is 44.3 Å². The molecule has 1 heterocycles. The third-order valence-corrected chi connectivity index (χ3v) is 4.09. The zero-order chi connectivity index (χ0) is 19.0. The van der Waals surface area contributed by atoms with E-state index in [9.17, 15) is 18.4 Å². The number of carbonyl (C=O) groups excluding carboxylic acids is 1. The van der Waals surface area contributed by atoms with E-state index in [0.717, 1.165) is 12.1 Å². The SMILES string of the molecule is Cc1c(C(=O)Nc2ccc(O)c(F)c2F)c(=O)n(-c2ccccc2)n1C. The summed E-state index contributed by atoms with van der Waals surface area (Å²) in [6.45, 7) is 1.57. The van der Waals surface area contributed by atoms with Crippen LogP contribution in [0.2, 0.25) is 0 Å². The van der Waals surface area contributed by atoms with E-state index >= 15 is 0 Å². The Labute approximate surface area is 146 Å². The van der Waals surface area contributed by atoms with Crippen molar-refractivity contribution in [1.82, 2.24) is 9.36 Å². The molecule has 26 heavy (non-hydrogen) atoms. The van der Waals surface area contributed by atoms with Gasteiger partial charge < -0.3 is 10.4 Å². The van der Waals surface area contributed by atoms with Crippen LogP contribution in [0.1, 0.15) is 16.1 Å². The highest BCUT2D eigenvalue weighted by molar-refractivity contribution is 6.05. The van der Waals surface area contributed by atoms with E-state index in [-0.39, 0.29) is 5.56 Å². The van der Waals surface area contributed by atoms with Gasteiger partial charge in [0.15, 0.2) is 11.6 Å². The number of carbonyl (C=O) groups is 1. The average Bonchev–Trinajstić information content (AvgIpc) is 2.85. The van der Waals surface area contributed by atoms with Crippen molar-refractivity contribution in [2.75, 3.05) is 5.32 Å². The molecule has 0 atom stereocenters. The standard InChI is InChI=1S/C18H15F2N3O3/c1-10-14(17(25)21-12-8-9-13(24)16(20)15(12)19)18(26)23(22(10)2)11-6-4-3-5-7-11/h3-9,24H,1-2H3,(H,21,25). The molecule has 0 bridgehead atoms.